The number of nitro benzene ring substituents is 1. The fraction of sp³-hybridized carbons (Fsp3) is 0.417. The van der Waals surface area contributed by atoms with Crippen molar-refractivity contribution >= 4 is 5.69 Å². The highest BCUT2D eigenvalue weighted by Crippen LogP contribution is 2.29. The number of halogens is 1. The monoisotopic (exact) mass is 267 g/mol. The third kappa shape index (κ3) is 4.19. The van der Waals surface area contributed by atoms with Crippen molar-refractivity contribution in [3.05, 3.63) is 34.1 Å². The van der Waals surface area contributed by atoms with Crippen molar-refractivity contribution in [2.75, 3.05) is 0 Å². The smallest absolute Gasteiger partial charge is 0.313 e. The summed E-state index contributed by atoms with van der Waals surface area (Å²) in [5, 5.41) is 19.6. The molecule has 0 amide bonds. The summed E-state index contributed by atoms with van der Waals surface area (Å²) in [7, 11) is 0. The van der Waals surface area contributed by atoms with E-state index >= 15 is 0 Å². The zero-order chi connectivity index (χ0) is 14.6. The summed E-state index contributed by atoms with van der Waals surface area (Å²) >= 11 is 0. The topological polar surface area (TPSA) is 102 Å². The zero-order valence-electron chi connectivity index (χ0n) is 10.6. The Morgan fingerprint density at radius 2 is 2.32 bits per heavy atom. The average molecular weight is 267 g/mol. The summed E-state index contributed by atoms with van der Waals surface area (Å²) in [6, 6.07) is 4.95. The fourth-order valence-corrected chi connectivity index (χ4v) is 1.63. The molecule has 2 N–H and O–H groups in total. The summed E-state index contributed by atoms with van der Waals surface area (Å²) < 4.78 is 18.3. The van der Waals surface area contributed by atoms with E-state index in [2.05, 4.69) is 0 Å². The maximum absolute atomic E-state index is 12.9. The van der Waals surface area contributed by atoms with Gasteiger partial charge in [-0.05, 0) is 26.0 Å². The molecule has 0 aliphatic carbocycles. The van der Waals surface area contributed by atoms with Crippen LogP contribution in [-0.4, -0.2) is 16.6 Å². The molecular weight excluding hydrogens is 253 g/mol. The molecule has 0 heterocycles. The maximum atomic E-state index is 12.9. The van der Waals surface area contributed by atoms with Gasteiger partial charge in [-0.25, -0.2) is 4.39 Å². The molecule has 0 saturated heterocycles. The lowest BCUT2D eigenvalue weighted by molar-refractivity contribution is -0.386. The van der Waals surface area contributed by atoms with Crippen LogP contribution in [0.4, 0.5) is 10.1 Å². The van der Waals surface area contributed by atoms with E-state index < -0.39 is 28.1 Å². The number of nitriles is 1. The Morgan fingerprint density at radius 1 is 1.68 bits per heavy atom. The first-order valence-electron chi connectivity index (χ1n) is 5.56. The Balaban J connectivity index is 2.89. The molecule has 6 nitrogen and oxygen atoms in total. The summed E-state index contributed by atoms with van der Waals surface area (Å²) in [5.74, 6) is -0.764. The first-order chi connectivity index (χ1) is 8.75. The van der Waals surface area contributed by atoms with Crippen LogP contribution >= 0.6 is 0 Å². The van der Waals surface area contributed by atoms with Gasteiger partial charge in [0.1, 0.15) is 11.4 Å². The molecule has 19 heavy (non-hydrogen) atoms. The normalized spacial score (nSPS) is 15.1. The van der Waals surface area contributed by atoms with Crippen LogP contribution in [0.5, 0.6) is 5.75 Å². The van der Waals surface area contributed by atoms with Gasteiger partial charge in [0.15, 0.2) is 5.75 Å². The highest BCUT2D eigenvalue weighted by Gasteiger charge is 2.24. The Morgan fingerprint density at radius 3 is 2.84 bits per heavy atom. The number of hydrogen-bond donors (Lipinski definition) is 1. The number of benzene rings is 1. The highest BCUT2D eigenvalue weighted by atomic mass is 19.1. The molecule has 7 heteroatoms. The third-order valence-electron chi connectivity index (χ3n) is 2.41. The van der Waals surface area contributed by atoms with Crippen LogP contribution < -0.4 is 10.5 Å². The van der Waals surface area contributed by atoms with E-state index in [-0.39, 0.29) is 12.2 Å². The van der Waals surface area contributed by atoms with Gasteiger partial charge in [-0.1, -0.05) is 0 Å². The lowest BCUT2D eigenvalue weighted by atomic mass is 9.98. The van der Waals surface area contributed by atoms with Gasteiger partial charge in [0.05, 0.1) is 23.2 Å². The highest BCUT2D eigenvalue weighted by molar-refractivity contribution is 5.46. The Hall–Kier alpha value is -2.20. The zero-order valence-corrected chi connectivity index (χ0v) is 10.6. The largest absolute Gasteiger partial charge is 0.484 e. The van der Waals surface area contributed by atoms with Crippen LogP contribution in [0, 0.1) is 27.3 Å². The Labute approximate surface area is 109 Å². The number of nitro groups is 1. The minimum absolute atomic E-state index is 0.0485. The second-order valence-corrected chi connectivity index (χ2v) is 4.53. The van der Waals surface area contributed by atoms with Crippen LogP contribution in [-0.2, 0) is 0 Å². The molecule has 1 aromatic rings. The fourth-order valence-electron chi connectivity index (χ4n) is 1.63. The van der Waals surface area contributed by atoms with Crippen LogP contribution in [0.15, 0.2) is 18.2 Å². The average Bonchev–Trinajstić information content (AvgIpc) is 2.30. The van der Waals surface area contributed by atoms with Gasteiger partial charge < -0.3 is 10.5 Å². The van der Waals surface area contributed by atoms with Crippen LogP contribution in [0.2, 0.25) is 0 Å². The quantitative estimate of drug-likeness (QED) is 0.650. The van der Waals surface area contributed by atoms with Crippen molar-refractivity contribution in [3.63, 3.8) is 0 Å². The molecule has 0 aliphatic rings. The van der Waals surface area contributed by atoms with E-state index in [0.29, 0.717) is 0 Å². The molecule has 2 unspecified atom stereocenters. The number of nitrogens with two attached hydrogens (primary N) is 1. The van der Waals surface area contributed by atoms with Crippen molar-refractivity contribution in [1.29, 1.82) is 5.26 Å². The SMILES string of the molecule is CC(CC(C)(N)C#N)Oc1ccc(F)cc1[N+](=O)[O-]. The number of nitrogens with zero attached hydrogens (tertiary/aromatic N) is 2. The van der Waals surface area contributed by atoms with E-state index in [1.54, 1.807) is 6.92 Å². The van der Waals surface area contributed by atoms with Crippen molar-refractivity contribution in [1.82, 2.24) is 0 Å². The van der Waals surface area contributed by atoms with Gasteiger partial charge in [-0.15, -0.1) is 0 Å². The second-order valence-electron chi connectivity index (χ2n) is 4.53. The molecule has 0 radical (unpaired) electrons. The molecule has 102 valence electrons. The molecule has 1 rings (SSSR count). The number of hydrogen-bond acceptors (Lipinski definition) is 5. The molecule has 0 aliphatic heterocycles. The van der Waals surface area contributed by atoms with Gasteiger partial charge in [0.25, 0.3) is 0 Å². The number of rotatable bonds is 5. The van der Waals surface area contributed by atoms with E-state index in [4.69, 9.17) is 15.7 Å². The minimum Gasteiger partial charge on any atom is -0.484 e. The van der Waals surface area contributed by atoms with E-state index in [1.165, 1.54) is 13.0 Å². The van der Waals surface area contributed by atoms with Gasteiger partial charge in [-0.2, -0.15) is 5.26 Å². The number of ether oxygens (including phenoxy) is 1. The first-order valence-corrected chi connectivity index (χ1v) is 5.56. The lowest BCUT2D eigenvalue weighted by Gasteiger charge is -2.21. The van der Waals surface area contributed by atoms with Crippen molar-refractivity contribution < 1.29 is 14.1 Å². The summed E-state index contributed by atoms with van der Waals surface area (Å²) in [4.78, 5) is 10.1. The third-order valence-corrected chi connectivity index (χ3v) is 2.41. The molecule has 0 fully saturated rings. The standard InChI is InChI=1S/C12H14FN3O3/c1-8(6-12(2,15)7-14)19-11-4-3-9(13)5-10(11)16(17)18/h3-5,8H,6,15H2,1-2H3. The second kappa shape index (κ2) is 5.63. The van der Waals surface area contributed by atoms with E-state index in [9.17, 15) is 14.5 Å². The molecule has 0 aromatic heterocycles. The van der Waals surface area contributed by atoms with Crippen LogP contribution in [0.1, 0.15) is 20.3 Å². The van der Waals surface area contributed by atoms with Gasteiger partial charge in [-0.3, -0.25) is 10.1 Å². The Bertz CT molecular complexity index is 525. The van der Waals surface area contributed by atoms with Crippen LogP contribution in [0.25, 0.3) is 0 Å². The maximum Gasteiger partial charge on any atom is 0.313 e. The van der Waals surface area contributed by atoms with Crippen molar-refractivity contribution in [2.24, 2.45) is 5.73 Å². The summed E-state index contributed by atoms with van der Waals surface area (Å²) in [6.07, 6.45) is -0.322. The molecule has 2 atom stereocenters. The van der Waals surface area contributed by atoms with Gasteiger partial charge in [0, 0.05) is 6.42 Å². The Kier molecular flexibility index (Phi) is 4.40. The van der Waals surface area contributed by atoms with Crippen molar-refractivity contribution in [2.45, 2.75) is 31.9 Å². The van der Waals surface area contributed by atoms with Gasteiger partial charge in [0.2, 0.25) is 0 Å². The van der Waals surface area contributed by atoms with Gasteiger partial charge >= 0.3 is 5.69 Å². The molecule has 0 bridgehead atoms. The first kappa shape index (κ1) is 14.9. The van der Waals surface area contributed by atoms with Crippen molar-refractivity contribution in [3.8, 4) is 11.8 Å². The molecule has 0 saturated carbocycles. The molecule has 1 aromatic carbocycles. The summed E-state index contributed by atoms with van der Waals surface area (Å²) in [6.45, 7) is 3.17. The molecule has 0 spiro atoms. The minimum atomic E-state index is -1.09. The van der Waals surface area contributed by atoms with E-state index in [0.717, 1.165) is 12.1 Å². The molecular formula is C12H14FN3O3. The van der Waals surface area contributed by atoms with Crippen LogP contribution in [0.3, 0.4) is 0 Å². The predicted octanol–water partition coefficient (Wildman–Crippen LogP) is 2.13. The lowest BCUT2D eigenvalue weighted by Crippen LogP contribution is -2.38. The van der Waals surface area contributed by atoms with E-state index in [1.807, 2.05) is 6.07 Å². The summed E-state index contributed by atoms with van der Waals surface area (Å²) in [5.41, 5.74) is 4.11. The predicted molar refractivity (Wildman–Crippen MR) is 66.0 cm³/mol.